The molecule has 15 heavy (non-hydrogen) atoms. The van der Waals surface area contributed by atoms with Gasteiger partial charge < -0.3 is 10.0 Å². The summed E-state index contributed by atoms with van der Waals surface area (Å²) >= 11 is 0. The van der Waals surface area contributed by atoms with Crippen LogP contribution in [-0.2, 0) is 0 Å². The summed E-state index contributed by atoms with van der Waals surface area (Å²) < 4.78 is 0. The van der Waals surface area contributed by atoms with Crippen molar-refractivity contribution in [2.24, 2.45) is 35.5 Å². The summed E-state index contributed by atoms with van der Waals surface area (Å²) in [6.45, 7) is 4.10. The molecule has 3 saturated carbocycles. The minimum absolute atomic E-state index is 0.402. The molecule has 0 radical (unpaired) electrons. The summed E-state index contributed by atoms with van der Waals surface area (Å²) in [6.07, 6.45) is 4.66. The van der Waals surface area contributed by atoms with Gasteiger partial charge in [0.1, 0.15) is 0 Å². The Morgan fingerprint density at radius 3 is 2.33 bits per heavy atom. The van der Waals surface area contributed by atoms with Crippen molar-refractivity contribution in [3.05, 3.63) is 0 Å². The third kappa shape index (κ3) is 1.18. The summed E-state index contributed by atoms with van der Waals surface area (Å²) in [4.78, 5) is 2.57. The molecule has 4 unspecified atom stereocenters. The second-order valence-corrected chi connectivity index (χ2v) is 6.42. The average molecular weight is 207 g/mol. The van der Waals surface area contributed by atoms with Crippen molar-refractivity contribution in [3.63, 3.8) is 0 Å². The van der Waals surface area contributed by atoms with Crippen molar-refractivity contribution < 1.29 is 5.11 Å². The number of rotatable bonds is 3. The normalized spacial score (nSPS) is 53.0. The molecule has 4 aliphatic rings. The lowest BCUT2D eigenvalue weighted by molar-refractivity contribution is 0.0465. The number of aliphatic hydroxyl groups is 1. The van der Waals surface area contributed by atoms with Gasteiger partial charge in [-0.1, -0.05) is 0 Å². The Balaban J connectivity index is 1.32. The first-order valence-corrected chi connectivity index (χ1v) is 6.70. The van der Waals surface area contributed by atoms with Gasteiger partial charge in [-0.05, 0) is 48.9 Å². The Hall–Kier alpha value is -0.0800. The van der Waals surface area contributed by atoms with Crippen LogP contribution in [0.5, 0.6) is 0 Å². The van der Waals surface area contributed by atoms with Crippen LogP contribution >= 0.6 is 0 Å². The van der Waals surface area contributed by atoms with Gasteiger partial charge in [-0.25, -0.2) is 0 Å². The summed E-state index contributed by atoms with van der Waals surface area (Å²) in [7, 11) is 0. The molecule has 1 aliphatic heterocycles. The van der Waals surface area contributed by atoms with Gasteiger partial charge in [0, 0.05) is 32.2 Å². The van der Waals surface area contributed by atoms with Crippen LogP contribution in [0.25, 0.3) is 0 Å². The van der Waals surface area contributed by atoms with Crippen molar-refractivity contribution in [1.29, 1.82) is 0 Å². The van der Waals surface area contributed by atoms with Crippen LogP contribution in [0.3, 0.4) is 0 Å². The SMILES string of the molecule is OCC1CN(CC2C3C4CCC(C4)C23)C1. The van der Waals surface area contributed by atoms with Gasteiger partial charge >= 0.3 is 0 Å². The number of likely N-dealkylation sites (tertiary alicyclic amines) is 1. The molecule has 0 aromatic rings. The van der Waals surface area contributed by atoms with E-state index in [9.17, 15) is 0 Å². The molecule has 4 fully saturated rings. The van der Waals surface area contributed by atoms with Crippen LogP contribution in [0.1, 0.15) is 19.3 Å². The van der Waals surface area contributed by atoms with Crippen LogP contribution < -0.4 is 0 Å². The van der Waals surface area contributed by atoms with E-state index in [4.69, 9.17) is 5.11 Å². The highest BCUT2D eigenvalue weighted by Crippen LogP contribution is 2.69. The number of hydrogen-bond acceptors (Lipinski definition) is 2. The van der Waals surface area contributed by atoms with Crippen LogP contribution in [-0.4, -0.2) is 36.2 Å². The molecule has 2 heteroatoms. The quantitative estimate of drug-likeness (QED) is 0.752. The minimum atomic E-state index is 0.402. The lowest BCUT2D eigenvalue weighted by Gasteiger charge is -2.38. The van der Waals surface area contributed by atoms with Gasteiger partial charge in [0.05, 0.1) is 0 Å². The van der Waals surface area contributed by atoms with Crippen molar-refractivity contribution in [2.75, 3.05) is 26.2 Å². The van der Waals surface area contributed by atoms with E-state index in [0.29, 0.717) is 12.5 Å². The molecule has 1 N–H and O–H groups in total. The predicted molar refractivity (Wildman–Crippen MR) is 58.3 cm³/mol. The molecule has 4 atom stereocenters. The van der Waals surface area contributed by atoms with Gasteiger partial charge in [0.15, 0.2) is 0 Å². The van der Waals surface area contributed by atoms with E-state index in [0.717, 1.165) is 29.6 Å². The van der Waals surface area contributed by atoms with Crippen LogP contribution in [0.15, 0.2) is 0 Å². The molecule has 0 amide bonds. The first-order chi connectivity index (χ1) is 7.36. The Bertz CT molecular complexity index is 258. The molecule has 1 heterocycles. The van der Waals surface area contributed by atoms with E-state index in [2.05, 4.69) is 4.90 Å². The fraction of sp³-hybridized carbons (Fsp3) is 1.00. The zero-order valence-electron chi connectivity index (χ0n) is 9.31. The standard InChI is InChI=1S/C13H21NO/c15-7-8-4-14(5-8)6-11-12-9-1-2-10(3-9)13(11)12/h8-13,15H,1-7H2. The maximum atomic E-state index is 8.98. The van der Waals surface area contributed by atoms with Gasteiger partial charge in [0.25, 0.3) is 0 Å². The molecular weight excluding hydrogens is 186 g/mol. The van der Waals surface area contributed by atoms with E-state index in [1.165, 1.54) is 19.6 Å². The zero-order chi connectivity index (χ0) is 9.99. The first kappa shape index (κ1) is 9.00. The summed E-state index contributed by atoms with van der Waals surface area (Å²) in [5, 5.41) is 8.98. The molecular formula is C13H21NO. The van der Waals surface area contributed by atoms with Crippen LogP contribution in [0, 0.1) is 35.5 Å². The molecule has 2 nitrogen and oxygen atoms in total. The van der Waals surface area contributed by atoms with E-state index < -0.39 is 0 Å². The van der Waals surface area contributed by atoms with Gasteiger partial charge in [-0.15, -0.1) is 0 Å². The average Bonchev–Trinajstić information content (AvgIpc) is 2.59. The Labute approximate surface area is 91.6 Å². The van der Waals surface area contributed by atoms with E-state index >= 15 is 0 Å². The number of hydrogen-bond donors (Lipinski definition) is 1. The van der Waals surface area contributed by atoms with Gasteiger partial charge in [-0.3, -0.25) is 0 Å². The van der Waals surface area contributed by atoms with E-state index in [-0.39, 0.29) is 0 Å². The van der Waals surface area contributed by atoms with Crippen LogP contribution in [0.4, 0.5) is 0 Å². The van der Waals surface area contributed by atoms with Crippen molar-refractivity contribution in [1.82, 2.24) is 4.90 Å². The van der Waals surface area contributed by atoms with Crippen LogP contribution in [0.2, 0.25) is 0 Å². The van der Waals surface area contributed by atoms with E-state index in [1.54, 1.807) is 19.3 Å². The second-order valence-electron chi connectivity index (χ2n) is 6.42. The van der Waals surface area contributed by atoms with Crippen molar-refractivity contribution in [2.45, 2.75) is 19.3 Å². The molecule has 4 rings (SSSR count). The highest BCUT2D eigenvalue weighted by molar-refractivity contribution is 5.13. The Morgan fingerprint density at radius 1 is 1.07 bits per heavy atom. The van der Waals surface area contributed by atoms with Gasteiger partial charge in [0.2, 0.25) is 0 Å². The summed E-state index contributed by atoms with van der Waals surface area (Å²) in [6, 6.07) is 0. The van der Waals surface area contributed by atoms with Crippen molar-refractivity contribution in [3.8, 4) is 0 Å². The molecule has 84 valence electrons. The Morgan fingerprint density at radius 2 is 1.73 bits per heavy atom. The molecule has 0 aromatic heterocycles. The number of aliphatic hydroxyl groups excluding tert-OH is 1. The molecule has 3 aliphatic carbocycles. The third-order valence-corrected chi connectivity index (χ3v) is 5.65. The second kappa shape index (κ2) is 2.98. The maximum absolute atomic E-state index is 8.98. The Kier molecular flexibility index (Phi) is 1.79. The lowest BCUT2D eigenvalue weighted by Crippen LogP contribution is -2.49. The smallest absolute Gasteiger partial charge is 0.0483 e. The predicted octanol–water partition coefficient (Wildman–Crippen LogP) is 1.20. The molecule has 0 aromatic carbocycles. The highest BCUT2D eigenvalue weighted by atomic mass is 16.3. The summed E-state index contributed by atoms with van der Waals surface area (Å²) in [5.41, 5.74) is 0. The largest absolute Gasteiger partial charge is 0.396 e. The lowest BCUT2D eigenvalue weighted by atomic mass is 9.98. The van der Waals surface area contributed by atoms with E-state index in [1.807, 2.05) is 0 Å². The number of nitrogens with zero attached hydrogens (tertiary/aromatic N) is 1. The monoisotopic (exact) mass is 207 g/mol. The molecule has 1 saturated heterocycles. The fourth-order valence-electron chi connectivity index (χ4n) is 4.99. The minimum Gasteiger partial charge on any atom is -0.396 e. The molecule has 0 spiro atoms. The number of fused-ring (bicyclic) bond motifs is 5. The summed E-state index contributed by atoms with van der Waals surface area (Å²) in [5.74, 6) is 6.19. The molecule has 2 bridgehead atoms. The maximum Gasteiger partial charge on any atom is 0.0483 e. The van der Waals surface area contributed by atoms with Crippen molar-refractivity contribution >= 4 is 0 Å². The zero-order valence-corrected chi connectivity index (χ0v) is 9.31. The van der Waals surface area contributed by atoms with Gasteiger partial charge in [-0.2, -0.15) is 0 Å². The fourth-order valence-corrected chi connectivity index (χ4v) is 4.99. The first-order valence-electron chi connectivity index (χ1n) is 6.70. The topological polar surface area (TPSA) is 23.5 Å². The highest BCUT2D eigenvalue weighted by Gasteiger charge is 2.64. The third-order valence-electron chi connectivity index (χ3n) is 5.65.